The largest absolute Gasteiger partial charge is 0.390 e. The van der Waals surface area contributed by atoms with Crippen molar-refractivity contribution in [3.63, 3.8) is 0 Å². The first-order valence-corrected chi connectivity index (χ1v) is 13.6. The van der Waals surface area contributed by atoms with Crippen LogP contribution in [0.15, 0.2) is 84.9 Å². The molecular weight excluding hydrogens is 515 g/mol. The quantitative estimate of drug-likeness (QED) is 0.254. The van der Waals surface area contributed by atoms with E-state index in [0.717, 1.165) is 5.56 Å². The third-order valence-corrected chi connectivity index (χ3v) is 7.25. The minimum atomic E-state index is -4.66. The van der Waals surface area contributed by atoms with Crippen molar-refractivity contribution in [1.82, 2.24) is 10.3 Å². The maximum atomic E-state index is 13.9. The number of pyridine rings is 1. The molecule has 10 heteroatoms. The summed E-state index contributed by atoms with van der Waals surface area (Å²) < 4.78 is 66.6. The summed E-state index contributed by atoms with van der Waals surface area (Å²) in [5.74, 6) is -1.77. The van der Waals surface area contributed by atoms with Gasteiger partial charge in [-0.2, -0.15) is 13.2 Å². The normalized spacial score (nSPS) is 12.7. The van der Waals surface area contributed by atoms with Crippen molar-refractivity contribution < 1.29 is 26.4 Å². The third-order valence-electron chi connectivity index (χ3n) is 5.99. The highest BCUT2D eigenvalue weighted by molar-refractivity contribution is 7.92. The van der Waals surface area contributed by atoms with Crippen molar-refractivity contribution in [2.24, 2.45) is 0 Å². The Balaban J connectivity index is 1.89. The lowest BCUT2D eigenvalue weighted by molar-refractivity contribution is -0.129. The van der Waals surface area contributed by atoms with E-state index in [4.69, 9.17) is 0 Å². The van der Waals surface area contributed by atoms with Crippen molar-refractivity contribution in [1.29, 1.82) is 0 Å². The van der Waals surface area contributed by atoms with Crippen LogP contribution in [0.3, 0.4) is 0 Å². The van der Waals surface area contributed by atoms with Gasteiger partial charge in [0.15, 0.2) is 0 Å². The first-order valence-electron chi connectivity index (χ1n) is 12.0. The summed E-state index contributed by atoms with van der Waals surface area (Å²) in [5, 5.41) is 3.33. The molecule has 1 heterocycles. The topological polar surface area (TPSA) is 88.2 Å². The number of alkyl halides is 3. The highest BCUT2D eigenvalue weighted by Crippen LogP contribution is 2.36. The summed E-state index contributed by atoms with van der Waals surface area (Å²) in [7, 11) is -4.50. The number of aromatic nitrogens is 1. The van der Waals surface area contributed by atoms with Gasteiger partial charge in [0.2, 0.25) is 10.0 Å². The molecule has 0 aliphatic heterocycles. The maximum Gasteiger partial charge on any atom is 0.390 e. The molecule has 0 fully saturated rings. The lowest BCUT2D eigenvalue weighted by Gasteiger charge is -2.22. The minimum Gasteiger partial charge on any atom is -0.345 e. The van der Waals surface area contributed by atoms with E-state index in [0.29, 0.717) is 22.9 Å². The zero-order valence-electron chi connectivity index (χ0n) is 20.5. The molecule has 38 heavy (non-hydrogen) atoms. The zero-order chi connectivity index (χ0) is 27.3. The minimum absolute atomic E-state index is 0.0144. The Hall–Kier alpha value is -3.92. The van der Waals surface area contributed by atoms with Gasteiger partial charge in [-0.25, -0.2) is 13.4 Å². The Kier molecular flexibility index (Phi) is 8.01. The van der Waals surface area contributed by atoms with Crippen molar-refractivity contribution in [3.05, 3.63) is 96.1 Å². The van der Waals surface area contributed by atoms with E-state index in [1.807, 2.05) is 37.3 Å². The van der Waals surface area contributed by atoms with E-state index >= 15 is 0 Å². The summed E-state index contributed by atoms with van der Waals surface area (Å²) >= 11 is 0. The van der Waals surface area contributed by atoms with E-state index in [-0.39, 0.29) is 23.0 Å². The molecule has 1 amide bonds. The first kappa shape index (κ1) is 27.1. The molecule has 0 bridgehead atoms. The number of fused-ring (bicyclic) bond motifs is 1. The SMILES string of the molecule is CCC(NC(=O)c1c(NS(=O)(=O)CCC(F)(F)F)c(-c2ccccc2)nc2ccccc12)c1ccccc1. The Morgan fingerprint density at radius 3 is 2.16 bits per heavy atom. The highest BCUT2D eigenvalue weighted by atomic mass is 32.2. The fourth-order valence-electron chi connectivity index (χ4n) is 4.15. The van der Waals surface area contributed by atoms with E-state index in [1.165, 1.54) is 0 Å². The van der Waals surface area contributed by atoms with Crippen LogP contribution in [0.2, 0.25) is 0 Å². The van der Waals surface area contributed by atoms with Gasteiger partial charge in [-0.3, -0.25) is 9.52 Å². The van der Waals surface area contributed by atoms with Crippen LogP contribution in [0, 0.1) is 0 Å². The van der Waals surface area contributed by atoms with Crippen LogP contribution in [0.5, 0.6) is 0 Å². The number of benzene rings is 3. The molecule has 0 saturated carbocycles. The maximum absolute atomic E-state index is 13.9. The predicted octanol–water partition coefficient (Wildman–Crippen LogP) is 6.48. The van der Waals surface area contributed by atoms with E-state index in [1.54, 1.807) is 54.6 Å². The van der Waals surface area contributed by atoms with Crippen LogP contribution in [0.25, 0.3) is 22.2 Å². The smallest absolute Gasteiger partial charge is 0.345 e. The first-order chi connectivity index (χ1) is 18.1. The summed E-state index contributed by atoms with van der Waals surface area (Å²) in [6, 6.07) is 24.2. The average molecular weight is 542 g/mol. The molecule has 2 N–H and O–H groups in total. The fraction of sp³-hybridized carbons (Fsp3) is 0.214. The van der Waals surface area contributed by atoms with Gasteiger partial charge in [-0.05, 0) is 18.1 Å². The molecule has 0 aliphatic carbocycles. The van der Waals surface area contributed by atoms with Crippen LogP contribution in [-0.4, -0.2) is 31.2 Å². The van der Waals surface area contributed by atoms with Crippen LogP contribution in [0.4, 0.5) is 18.9 Å². The number of anilines is 1. The second-order valence-electron chi connectivity index (χ2n) is 8.72. The van der Waals surface area contributed by atoms with Crippen LogP contribution in [0.1, 0.15) is 41.7 Å². The highest BCUT2D eigenvalue weighted by Gasteiger charge is 2.32. The second kappa shape index (κ2) is 11.2. The van der Waals surface area contributed by atoms with Gasteiger partial charge >= 0.3 is 6.18 Å². The van der Waals surface area contributed by atoms with Gasteiger partial charge in [0.25, 0.3) is 5.91 Å². The molecule has 0 radical (unpaired) electrons. The number of nitrogens with zero attached hydrogens (tertiary/aromatic N) is 1. The standard InChI is InChI=1S/C28H26F3N3O3S/c1-2-22(19-11-5-3-6-12-19)33-27(35)24-21-15-9-10-16-23(21)32-25(20-13-7-4-8-14-20)26(24)34-38(36,37)18-17-28(29,30)31/h3-16,22,34H,2,17-18H2,1H3,(H,33,35). The number of sulfonamides is 1. The second-order valence-corrected chi connectivity index (χ2v) is 10.6. The number of carbonyl (C=O) groups excluding carboxylic acids is 1. The van der Waals surface area contributed by atoms with E-state index in [9.17, 15) is 26.4 Å². The molecule has 6 nitrogen and oxygen atoms in total. The summed E-state index contributed by atoms with van der Waals surface area (Å²) in [6.07, 6.45) is -5.64. The van der Waals surface area contributed by atoms with Gasteiger partial charge in [-0.15, -0.1) is 0 Å². The molecule has 3 aromatic carbocycles. The summed E-state index contributed by atoms with van der Waals surface area (Å²) in [4.78, 5) is 18.5. The third kappa shape index (κ3) is 6.49. The number of hydrogen-bond acceptors (Lipinski definition) is 4. The molecule has 1 atom stereocenters. The van der Waals surface area contributed by atoms with E-state index < -0.39 is 34.3 Å². The van der Waals surface area contributed by atoms with Crippen LogP contribution >= 0.6 is 0 Å². The molecule has 0 spiro atoms. The average Bonchev–Trinajstić information content (AvgIpc) is 2.90. The Morgan fingerprint density at radius 2 is 1.53 bits per heavy atom. The Morgan fingerprint density at radius 1 is 0.921 bits per heavy atom. The van der Waals surface area contributed by atoms with Crippen LogP contribution in [-0.2, 0) is 10.0 Å². The number of hydrogen-bond donors (Lipinski definition) is 2. The molecule has 0 aliphatic rings. The van der Waals surface area contributed by atoms with Gasteiger partial charge in [0, 0.05) is 10.9 Å². The number of amides is 1. The fourth-order valence-corrected chi connectivity index (χ4v) is 5.26. The molecule has 1 aromatic heterocycles. The van der Waals surface area contributed by atoms with Gasteiger partial charge < -0.3 is 5.32 Å². The van der Waals surface area contributed by atoms with Gasteiger partial charge in [0.1, 0.15) is 0 Å². The number of halogens is 3. The Labute approximate surface area is 219 Å². The summed E-state index contributed by atoms with van der Waals surface area (Å²) in [5.41, 5.74) is 1.74. The van der Waals surface area contributed by atoms with E-state index in [2.05, 4.69) is 15.0 Å². The van der Waals surface area contributed by atoms with Gasteiger partial charge in [0.05, 0.1) is 40.7 Å². The molecule has 4 rings (SSSR count). The molecule has 198 valence electrons. The molecular formula is C28H26F3N3O3S. The van der Waals surface area contributed by atoms with Crippen LogP contribution < -0.4 is 10.0 Å². The molecule has 0 saturated heterocycles. The number of nitrogens with one attached hydrogen (secondary N) is 2. The lowest BCUT2D eigenvalue weighted by atomic mass is 9.99. The molecule has 4 aromatic rings. The predicted molar refractivity (Wildman–Crippen MR) is 142 cm³/mol. The van der Waals surface area contributed by atoms with Crippen molar-refractivity contribution in [3.8, 4) is 11.3 Å². The molecule has 1 unspecified atom stereocenters. The summed E-state index contributed by atoms with van der Waals surface area (Å²) in [6.45, 7) is 1.90. The van der Waals surface area contributed by atoms with Gasteiger partial charge in [-0.1, -0.05) is 85.8 Å². The monoisotopic (exact) mass is 541 g/mol. The number of rotatable bonds is 9. The number of carbonyl (C=O) groups is 1. The zero-order valence-corrected chi connectivity index (χ0v) is 21.3. The number of para-hydroxylation sites is 1. The lowest BCUT2D eigenvalue weighted by Crippen LogP contribution is -2.30. The Bertz CT molecular complexity index is 1530. The van der Waals surface area contributed by atoms with Crippen molar-refractivity contribution >= 4 is 32.5 Å². The van der Waals surface area contributed by atoms with Crippen molar-refractivity contribution in [2.45, 2.75) is 32.0 Å². The van der Waals surface area contributed by atoms with Crippen molar-refractivity contribution in [2.75, 3.05) is 10.5 Å².